The average Bonchev–Trinajstić information content (AvgIpc) is 2.43. The van der Waals surface area contributed by atoms with E-state index < -0.39 is 6.10 Å². The Morgan fingerprint density at radius 1 is 1.38 bits per heavy atom. The van der Waals surface area contributed by atoms with Crippen molar-refractivity contribution in [3.05, 3.63) is 28.7 Å². The first-order valence-electron chi connectivity index (χ1n) is 5.07. The zero-order chi connectivity index (χ0) is 11.9. The van der Waals surface area contributed by atoms with Gasteiger partial charge in [0.2, 0.25) is 0 Å². The summed E-state index contributed by atoms with van der Waals surface area (Å²) in [7, 11) is 1.67. The lowest BCUT2D eigenvalue weighted by Gasteiger charge is -2.05. The van der Waals surface area contributed by atoms with Crippen LogP contribution in [0, 0.1) is 0 Å². The van der Waals surface area contributed by atoms with E-state index >= 15 is 0 Å². The number of aliphatic hydroxyl groups excluding tert-OH is 1. The molecule has 0 amide bonds. The van der Waals surface area contributed by atoms with E-state index in [0.29, 0.717) is 5.52 Å². The lowest BCUT2D eigenvalue weighted by Crippen LogP contribution is -2.26. The number of fused-ring (bicyclic) bond motifs is 1. The Hall–Kier alpha value is -1.75. The Morgan fingerprint density at radius 2 is 2.06 bits per heavy atom. The number of phenolic OH excluding ortho intramolecular Hbond substituents is 1. The molecule has 2 rings (SSSR count). The van der Waals surface area contributed by atoms with E-state index in [9.17, 15) is 15.0 Å². The first-order valence-corrected chi connectivity index (χ1v) is 5.07. The minimum atomic E-state index is -0.606. The lowest BCUT2D eigenvalue weighted by molar-refractivity contribution is 0.173. The van der Waals surface area contributed by atoms with Gasteiger partial charge in [-0.15, -0.1) is 0 Å². The van der Waals surface area contributed by atoms with Crippen LogP contribution in [0.15, 0.2) is 23.0 Å². The van der Waals surface area contributed by atoms with Crippen LogP contribution in [0.4, 0.5) is 0 Å². The van der Waals surface area contributed by atoms with Gasteiger partial charge in [-0.1, -0.05) is 0 Å². The summed E-state index contributed by atoms with van der Waals surface area (Å²) in [5, 5.41) is 18.7. The molecule has 0 saturated carbocycles. The molecule has 16 heavy (non-hydrogen) atoms. The number of nitrogens with zero attached hydrogens (tertiary/aromatic N) is 2. The van der Waals surface area contributed by atoms with E-state index in [1.54, 1.807) is 20.0 Å². The Balaban J connectivity index is 2.75. The maximum absolute atomic E-state index is 11.9. The highest BCUT2D eigenvalue weighted by Gasteiger charge is 2.12. The summed E-state index contributed by atoms with van der Waals surface area (Å²) in [6.45, 7) is 1.84. The van der Waals surface area contributed by atoms with E-state index in [0.717, 1.165) is 5.52 Å². The van der Waals surface area contributed by atoms with Gasteiger partial charge in [0.15, 0.2) is 0 Å². The predicted molar refractivity (Wildman–Crippen MR) is 60.5 cm³/mol. The largest absolute Gasteiger partial charge is 0.508 e. The van der Waals surface area contributed by atoms with Gasteiger partial charge < -0.3 is 10.2 Å². The van der Waals surface area contributed by atoms with Gasteiger partial charge in [-0.25, -0.2) is 4.79 Å². The zero-order valence-corrected chi connectivity index (χ0v) is 9.21. The molecule has 0 bridgehead atoms. The number of aromatic hydroxyl groups is 1. The van der Waals surface area contributed by atoms with Crippen LogP contribution in [-0.2, 0) is 13.6 Å². The molecule has 1 unspecified atom stereocenters. The summed E-state index contributed by atoms with van der Waals surface area (Å²) < 4.78 is 2.96. The smallest absolute Gasteiger partial charge is 0.328 e. The molecule has 0 saturated heterocycles. The Morgan fingerprint density at radius 3 is 2.69 bits per heavy atom. The molecule has 0 aliphatic carbocycles. The molecule has 0 aliphatic rings. The maximum atomic E-state index is 11.9. The van der Waals surface area contributed by atoms with Crippen molar-refractivity contribution >= 4 is 11.0 Å². The molecule has 0 radical (unpaired) electrons. The number of imidazole rings is 1. The monoisotopic (exact) mass is 222 g/mol. The lowest BCUT2D eigenvalue weighted by atomic mass is 10.3. The Kier molecular flexibility index (Phi) is 2.47. The second-order valence-electron chi connectivity index (χ2n) is 3.97. The van der Waals surface area contributed by atoms with Gasteiger partial charge >= 0.3 is 5.69 Å². The van der Waals surface area contributed by atoms with E-state index in [1.165, 1.54) is 21.3 Å². The molecular weight excluding hydrogens is 208 g/mol. The van der Waals surface area contributed by atoms with Crippen LogP contribution < -0.4 is 5.69 Å². The predicted octanol–water partition coefficient (Wildman–Crippen LogP) is 0.426. The third kappa shape index (κ3) is 1.59. The van der Waals surface area contributed by atoms with Crippen molar-refractivity contribution in [1.29, 1.82) is 0 Å². The summed E-state index contributed by atoms with van der Waals surface area (Å²) in [6.07, 6.45) is -0.606. The summed E-state index contributed by atoms with van der Waals surface area (Å²) >= 11 is 0. The molecule has 1 atom stereocenters. The second-order valence-corrected chi connectivity index (χ2v) is 3.97. The van der Waals surface area contributed by atoms with Crippen molar-refractivity contribution in [1.82, 2.24) is 9.13 Å². The fourth-order valence-corrected chi connectivity index (χ4v) is 1.84. The van der Waals surface area contributed by atoms with Gasteiger partial charge in [0.1, 0.15) is 5.75 Å². The Labute approximate surface area is 92.2 Å². The summed E-state index contributed by atoms with van der Waals surface area (Å²) in [5.74, 6) is 0.109. The van der Waals surface area contributed by atoms with Crippen molar-refractivity contribution in [2.45, 2.75) is 19.6 Å². The van der Waals surface area contributed by atoms with Crippen molar-refractivity contribution in [2.75, 3.05) is 0 Å². The van der Waals surface area contributed by atoms with Crippen molar-refractivity contribution < 1.29 is 10.2 Å². The second kappa shape index (κ2) is 3.68. The van der Waals surface area contributed by atoms with Gasteiger partial charge in [0.05, 0.1) is 23.7 Å². The van der Waals surface area contributed by atoms with Gasteiger partial charge in [0, 0.05) is 13.1 Å². The van der Waals surface area contributed by atoms with E-state index in [2.05, 4.69) is 0 Å². The summed E-state index contributed by atoms with van der Waals surface area (Å²) in [4.78, 5) is 11.9. The van der Waals surface area contributed by atoms with E-state index in [1.807, 2.05) is 0 Å². The third-order valence-corrected chi connectivity index (χ3v) is 2.58. The molecule has 0 spiro atoms. The molecule has 5 heteroatoms. The molecule has 0 aliphatic heterocycles. The number of rotatable bonds is 2. The van der Waals surface area contributed by atoms with Crippen LogP contribution in [0.25, 0.3) is 11.0 Å². The molecule has 1 aromatic carbocycles. The van der Waals surface area contributed by atoms with Gasteiger partial charge in [0.25, 0.3) is 0 Å². The molecule has 2 N–H and O–H groups in total. The van der Waals surface area contributed by atoms with E-state index in [4.69, 9.17) is 0 Å². The van der Waals surface area contributed by atoms with Crippen LogP contribution in [0.5, 0.6) is 5.75 Å². The molecule has 1 aromatic heterocycles. The van der Waals surface area contributed by atoms with Crippen LogP contribution in [0.2, 0.25) is 0 Å². The SMILES string of the molecule is CC(O)Cn1c(=O)n(C)c2ccc(O)cc21. The fraction of sp³-hybridized carbons (Fsp3) is 0.364. The molecule has 86 valence electrons. The van der Waals surface area contributed by atoms with Crippen molar-refractivity contribution in [3.63, 3.8) is 0 Å². The Bertz CT molecular complexity index is 581. The van der Waals surface area contributed by atoms with Crippen LogP contribution in [-0.4, -0.2) is 25.5 Å². The average molecular weight is 222 g/mol. The standard InChI is InChI=1S/C11H14N2O3/c1-7(14)6-13-10-5-8(15)3-4-9(10)12(2)11(13)16/h3-5,7,14-15H,6H2,1-2H3. The molecule has 0 fully saturated rings. The first kappa shape index (κ1) is 10.8. The number of aryl methyl sites for hydroxylation is 1. The topological polar surface area (TPSA) is 67.4 Å². The van der Waals surface area contributed by atoms with Gasteiger partial charge in [-0.05, 0) is 19.1 Å². The molecule has 1 heterocycles. The maximum Gasteiger partial charge on any atom is 0.328 e. The molecule has 2 aromatic rings. The number of benzene rings is 1. The zero-order valence-electron chi connectivity index (χ0n) is 9.21. The summed E-state index contributed by atoms with van der Waals surface area (Å²) in [5.41, 5.74) is 1.18. The summed E-state index contributed by atoms with van der Waals surface area (Å²) in [6, 6.07) is 4.75. The van der Waals surface area contributed by atoms with Gasteiger partial charge in [-0.3, -0.25) is 9.13 Å². The number of hydrogen-bond acceptors (Lipinski definition) is 3. The highest BCUT2D eigenvalue weighted by atomic mass is 16.3. The minimum absolute atomic E-state index is 0.109. The van der Waals surface area contributed by atoms with Crippen LogP contribution in [0.1, 0.15) is 6.92 Å². The number of aromatic nitrogens is 2. The van der Waals surface area contributed by atoms with E-state index in [-0.39, 0.29) is 18.0 Å². The highest BCUT2D eigenvalue weighted by Crippen LogP contribution is 2.18. The molecule has 5 nitrogen and oxygen atoms in total. The number of phenols is 1. The van der Waals surface area contributed by atoms with Crippen LogP contribution in [0.3, 0.4) is 0 Å². The fourth-order valence-electron chi connectivity index (χ4n) is 1.84. The first-order chi connectivity index (χ1) is 7.50. The normalized spacial score (nSPS) is 13.2. The number of hydrogen-bond donors (Lipinski definition) is 2. The van der Waals surface area contributed by atoms with Crippen LogP contribution >= 0.6 is 0 Å². The third-order valence-electron chi connectivity index (χ3n) is 2.58. The molecular formula is C11H14N2O3. The quantitative estimate of drug-likeness (QED) is 0.774. The highest BCUT2D eigenvalue weighted by molar-refractivity contribution is 5.77. The number of aliphatic hydroxyl groups is 1. The van der Waals surface area contributed by atoms with Crippen molar-refractivity contribution in [2.24, 2.45) is 7.05 Å². The minimum Gasteiger partial charge on any atom is -0.508 e. The van der Waals surface area contributed by atoms with Crippen molar-refractivity contribution in [3.8, 4) is 5.75 Å². The van der Waals surface area contributed by atoms with Gasteiger partial charge in [-0.2, -0.15) is 0 Å².